The van der Waals surface area contributed by atoms with Gasteiger partial charge in [0.15, 0.2) is 0 Å². The second kappa shape index (κ2) is 3.99. The number of halogens is 2. The van der Waals surface area contributed by atoms with Gasteiger partial charge in [0.05, 0.1) is 15.5 Å². The predicted octanol–water partition coefficient (Wildman–Crippen LogP) is 3.78. The first-order chi connectivity index (χ1) is 7.18. The van der Waals surface area contributed by atoms with E-state index in [1.165, 1.54) is 0 Å². The highest BCUT2D eigenvalue weighted by atomic mass is 35.5. The SMILES string of the molecule is O=CC1(c2ccc(Cl)c(Cl)c2)CC=CC1. The molecule has 0 N–H and O–H groups in total. The maximum Gasteiger partial charge on any atom is 0.131 e. The number of allylic oxidation sites excluding steroid dienone is 2. The third-order valence-corrected chi connectivity index (χ3v) is 3.59. The number of carbonyl (C=O) groups excluding carboxylic acids is 1. The lowest BCUT2D eigenvalue weighted by molar-refractivity contribution is -0.112. The van der Waals surface area contributed by atoms with Gasteiger partial charge in [0, 0.05) is 0 Å². The minimum atomic E-state index is -0.422. The Labute approximate surface area is 98.7 Å². The maximum absolute atomic E-state index is 11.2. The number of hydrogen-bond acceptors (Lipinski definition) is 1. The number of hydrogen-bond donors (Lipinski definition) is 0. The van der Waals surface area contributed by atoms with Crippen LogP contribution in [0.5, 0.6) is 0 Å². The Morgan fingerprint density at radius 1 is 1.13 bits per heavy atom. The highest BCUT2D eigenvalue weighted by Crippen LogP contribution is 2.37. The van der Waals surface area contributed by atoms with Gasteiger partial charge in [-0.05, 0) is 30.5 Å². The van der Waals surface area contributed by atoms with Crippen LogP contribution in [0, 0.1) is 0 Å². The molecule has 0 aromatic heterocycles. The molecular formula is C12H10Cl2O. The Bertz CT molecular complexity index is 416. The topological polar surface area (TPSA) is 17.1 Å². The van der Waals surface area contributed by atoms with E-state index in [0.717, 1.165) is 24.7 Å². The lowest BCUT2D eigenvalue weighted by atomic mass is 9.80. The highest BCUT2D eigenvalue weighted by Gasteiger charge is 2.32. The molecule has 0 saturated carbocycles. The molecule has 1 aromatic carbocycles. The Balaban J connectivity index is 2.44. The summed E-state index contributed by atoms with van der Waals surface area (Å²) in [7, 11) is 0. The van der Waals surface area contributed by atoms with Crippen LogP contribution in [-0.4, -0.2) is 6.29 Å². The number of carbonyl (C=O) groups is 1. The largest absolute Gasteiger partial charge is 0.302 e. The third-order valence-electron chi connectivity index (χ3n) is 2.85. The van der Waals surface area contributed by atoms with Crippen LogP contribution in [0.1, 0.15) is 18.4 Å². The molecule has 1 aliphatic rings. The molecule has 0 unspecified atom stereocenters. The minimum absolute atomic E-state index is 0.422. The van der Waals surface area contributed by atoms with Crippen molar-refractivity contribution in [1.29, 1.82) is 0 Å². The Morgan fingerprint density at radius 3 is 2.33 bits per heavy atom. The first-order valence-electron chi connectivity index (χ1n) is 4.75. The van der Waals surface area contributed by atoms with Gasteiger partial charge in [-0.25, -0.2) is 0 Å². The molecule has 0 fully saturated rings. The minimum Gasteiger partial charge on any atom is -0.302 e. The fraction of sp³-hybridized carbons (Fsp3) is 0.250. The Hall–Kier alpha value is -0.790. The summed E-state index contributed by atoms with van der Waals surface area (Å²) < 4.78 is 0. The quantitative estimate of drug-likeness (QED) is 0.568. The van der Waals surface area contributed by atoms with E-state index in [1.54, 1.807) is 12.1 Å². The second-order valence-corrected chi connectivity index (χ2v) is 4.60. The summed E-state index contributed by atoms with van der Waals surface area (Å²) in [5.41, 5.74) is 0.519. The normalized spacial score (nSPS) is 18.0. The van der Waals surface area contributed by atoms with Crippen LogP contribution in [0.2, 0.25) is 10.0 Å². The molecule has 1 aliphatic carbocycles. The van der Waals surface area contributed by atoms with Crippen LogP contribution in [0.15, 0.2) is 30.4 Å². The zero-order valence-corrected chi connectivity index (χ0v) is 9.55. The fourth-order valence-electron chi connectivity index (χ4n) is 1.88. The van der Waals surface area contributed by atoms with Gasteiger partial charge >= 0.3 is 0 Å². The molecule has 2 rings (SSSR count). The summed E-state index contributed by atoms with van der Waals surface area (Å²) in [4.78, 5) is 11.2. The van der Waals surface area contributed by atoms with Crippen molar-refractivity contribution < 1.29 is 4.79 Å². The molecule has 1 nitrogen and oxygen atoms in total. The van der Waals surface area contributed by atoms with Crippen LogP contribution in [-0.2, 0) is 10.2 Å². The van der Waals surface area contributed by atoms with E-state index in [9.17, 15) is 4.79 Å². The lowest BCUT2D eigenvalue weighted by Gasteiger charge is -2.22. The van der Waals surface area contributed by atoms with Gasteiger partial charge in [0.1, 0.15) is 6.29 Å². The Morgan fingerprint density at radius 2 is 1.80 bits per heavy atom. The molecule has 78 valence electrons. The fourth-order valence-corrected chi connectivity index (χ4v) is 2.17. The number of aldehydes is 1. The van der Waals surface area contributed by atoms with Gasteiger partial charge in [0.25, 0.3) is 0 Å². The van der Waals surface area contributed by atoms with Crippen LogP contribution >= 0.6 is 23.2 Å². The summed E-state index contributed by atoms with van der Waals surface area (Å²) in [5.74, 6) is 0. The van der Waals surface area contributed by atoms with Crippen LogP contribution in [0.4, 0.5) is 0 Å². The first kappa shape index (κ1) is 10.7. The third kappa shape index (κ3) is 1.82. The lowest BCUT2D eigenvalue weighted by Crippen LogP contribution is -2.24. The highest BCUT2D eigenvalue weighted by molar-refractivity contribution is 6.42. The molecule has 15 heavy (non-hydrogen) atoms. The average Bonchev–Trinajstić information content (AvgIpc) is 2.72. The molecule has 0 aliphatic heterocycles. The van der Waals surface area contributed by atoms with Crippen LogP contribution in [0.25, 0.3) is 0 Å². The smallest absolute Gasteiger partial charge is 0.131 e. The molecule has 0 radical (unpaired) electrons. The van der Waals surface area contributed by atoms with E-state index in [2.05, 4.69) is 0 Å². The summed E-state index contributed by atoms with van der Waals surface area (Å²) >= 11 is 11.8. The Kier molecular flexibility index (Phi) is 2.85. The first-order valence-corrected chi connectivity index (χ1v) is 5.50. The van der Waals surface area contributed by atoms with E-state index in [-0.39, 0.29) is 0 Å². The number of benzene rings is 1. The van der Waals surface area contributed by atoms with Gasteiger partial charge in [-0.2, -0.15) is 0 Å². The van der Waals surface area contributed by atoms with Gasteiger partial charge in [-0.15, -0.1) is 0 Å². The van der Waals surface area contributed by atoms with Gasteiger partial charge in [-0.3, -0.25) is 0 Å². The number of rotatable bonds is 2. The molecule has 0 atom stereocenters. The van der Waals surface area contributed by atoms with Crippen molar-refractivity contribution in [3.8, 4) is 0 Å². The van der Waals surface area contributed by atoms with Crippen molar-refractivity contribution in [2.24, 2.45) is 0 Å². The summed E-state index contributed by atoms with van der Waals surface area (Å²) in [6.07, 6.45) is 6.54. The van der Waals surface area contributed by atoms with E-state index in [4.69, 9.17) is 23.2 Å². The molecular weight excluding hydrogens is 231 g/mol. The molecule has 0 spiro atoms. The van der Waals surface area contributed by atoms with E-state index < -0.39 is 5.41 Å². The van der Waals surface area contributed by atoms with Gasteiger partial charge in [0.2, 0.25) is 0 Å². The van der Waals surface area contributed by atoms with Crippen molar-refractivity contribution in [1.82, 2.24) is 0 Å². The van der Waals surface area contributed by atoms with E-state index in [0.29, 0.717) is 10.0 Å². The molecule has 3 heteroatoms. The monoisotopic (exact) mass is 240 g/mol. The maximum atomic E-state index is 11.2. The van der Waals surface area contributed by atoms with Gasteiger partial charge in [-0.1, -0.05) is 41.4 Å². The van der Waals surface area contributed by atoms with Crippen molar-refractivity contribution in [3.63, 3.8) is 0 Å². The predicted molar refractivity (Wildman–Crippen MR) is 62.6 cm³/mol. The van der Waals surface area contributed by atoms with Crippen molar-refractivity contribution in [2.45, 2.75) is 18.3 Å². The molecule has 0 bridgehead atoms. The van der Waals surface area contributed by atoms with Gasteiger partial charge < -0.3 is 4.79 Å². The average molecular weight is 241 g/mol. The van der Waals surface area contributed by atoms with Crippen molar-refractivity contribution in [3.05, 3.63) is 46.0 Å². The molecule has 1 aromatic rings. The standard InChI is InChI=1S/C12H10Cl2O/c13-10-4-3-9(7-11(10)14)12(8-15)5-1-2-6-12/h1-4,7-8H,5-6H2. The molecule has 0 heterocycles. The van der Waals surface area contributed by atoms with Crippen LogP contribution in [0.3, 0.4) is 0 Å². The van der Waals surface area contributed by atoms with Crippen molar-refractivity contribution in [2.75, 3.05) is 0 Å². The van der Waals surface area contributed by atoms with Crippen LogP contribution < -0.4 is 0 Å². The van der Waals surface area contributed by atoms with E-state index in [1.807, 2.05) is 18.2 Å². The molecule has 0 amide bonds. The molecule has 0 saturated heterocycles. The summed E-state index contributed by atoms with van der Waals surface area (Å²) in [6, 6.07) is 5.39. The second-order valence-electron chi connectivity index (χ2n) is 3.78. The van der Waals surface area contributed by atoms with Crippen molar-refractivity contribution >= 4 is 29.5 Å². The summed E-state index contributed by atoms with van der Waals surface area (Å²) in [6.45, 7) is 0. The summed E-state index contributed by atoms with van der Waals surface area (Å²) in [5, 5.41) is 1.02. The zero-order chi connectivity index (χ0) is 10.9. The van der Waals surface area contributed by atoms with E-state index >= 15 is 0 Å². The zero-order valence-electron chi connectivity index (χ0n) is 8.04.